The number of hydrogen-bond acceptors (Lipinski definition) is 6. The lowest BCUT2D eigenvalue weighted by atomic mass is 9.84. The van der Waals surface area contributed by atoms with E-state index in [1.54, 1.807) is 11.2 Å². The van der Waals surface area contributed by atoms with Crippen LogP contribution in [0.25, 0.3) is 11.2 Å². The highest BCUT2D eigenvalue weighted by atomic mass is 35.5. The number of carbonyl (C=O) groups is 1. The van der Waals surface area contributed by atoms with Crippen molar-refractivity contribution in [2.24, 2.45) is 11.7 Å². The molecule has 2 aromatic rings. The molecule has 0 aromatic carbocycles. The molecule has 1 aliphatic carbocycles. The molecule has 25 heavy (non-hydrogen) atoms. The summed E-state index contributed by atoms with van der Waals surface area (Å²) in [6.07, 6.45) is 7.49. The Labute approximate surface area is 159 Å². The first kappa shape index (κ1) is 21.4. The Morgan fingerprint density at radius 2 is 2.08 bits per heavy atom. The lowest BCUT2D eigenvalue weighted by Gasteiger charge is -2.31. The van der Waals surface area contributed by atoms with Crippen LogP contribution in [0.15, 0.2) is 12.7 Å². The number of likely N-dealkylation sites (N-methyl/N-ethyl adjacent to an activating group) is 1. The van der Waals surface area contributed by atoms with Crippen molar-refractivity contribution in [1.82, 2.24) is 25.3 Å². The third-order valence-corrected chi connectivity index (χ3v) is 4.50. The van der Waals surface area contributed by atoms with Crippen molar-refractivity contribution >= 4 is 47.7 Å². The summed E-state index contributed by atoms with van der Waals surface area (Å²) in [7, 11) is 1.84. The number of rotatable bonds is 5. The number of nitrogens with two attached hydrogens (primary N) is 1. The van der Waals surface area contributed by atoms with Gasteiger partial charge in [-0.3, -0.25) is 4.79 Å². The summed E-state index contributed by atoms with van der Waals surface area (Å²) in [4.78, 5) is 29.6. The molecule has 1 fully saturated rings. The molecule has 0 spiro atoms. The number of H-pyrrole nitrogens is 1. The van der Waals surface area contributed by atoms with Crippen LogP contribution in [0.1, 0.15) is 25.7 Å². The van der Waals surface area contributed by atoms with E-state index in [1.807, 2.05) is 7.05 Å². The number of carbonyl (C=O) groups excluding carboxylic acids is 1. The second-order valence-corrected chi connectivity index (χ2v) is 6.11. The van der Waals surface area contributed by atoms with Crippen molar-refractivity contribution < 1.29 is 4.79 Å². The molecule has 2 unspecified atom stereocenters. The van der Waals surface area contributed by atoms with Crippen molar-refractivity contribution in [3.63, 3.8) is 0 Å². The molecule has 10 heteroatoms. The van der Waals surface area contributed by atoms with Crippen LogP contribution in [-0.2, 0) is 4.79 Å². The SMILES string of the molecule is CN(CC(=O)NC1CCCCC1CN)c1ncnc2nc[nH]c12.Cl.Cl. The van der Waals surface area contributed by atoms with E-state index in [0.29, 0.717) is 23.9 Å². The quantitative estimate of drug-likeness (QED) is 0.709. The first-order valence-corrected chi connectivity index (χ1v) is 8.03. The smallest absolute Gasteiger partial charge is 0.239 e. The first-order valence-electron chi connectivity index (χ1n) is 8.03. The number of aromatic amines is 1. The Balaban J connectivity index is 0.00000156. The Hall–Kier alpha value is -1.64. The molecule has 0 aliphatic heterocycles. The van der Waals surface area contributed by atoms with Crippen molar-refractivity contribution in [2.45, 2.75) is 31.7 Å². The van der Waals surface area contributed by atoms with Crippen LogP contribution in [0.2, 0.25) is 0 Å². The zero-order valence-corrected chi connectivity index (χ0v) is 15.8. The normalized spacial score (nSPS) is 19.6. The molecule has 1 amide bonds. The van der Waals surface area contributed by atoms with Crippen LogP contribution >= 0.6 is 24.8 Å². The minimum atomic E-state index is -0.0101. The summed E-state index contributed by atoms with van der Waals surface area (Å²) < 4.78 is 0. The van der Waals surface area contributed by atoms with Gasteiger partial charge in [-0.15, -0.1) is 24.8 Å². The van der Waals surface area contributed by atoms with E-state index in [1.165, 1.54) is 12.7 Å². The van der Waals surface area contributed by atoms with Gasteiger partial charge in [-0.2, -0.15) is 0 Å². The topological polar surface area (TPSA) is 113 Å². The van der Waals surface area contributed by atoms with E-state index in [9.17, 15) is 4.79 Å². The van der Waals surface area contributed by atoms with E-state index in [-0.39, 0.29) is 43.3 Å². The molecule has 0 saturated heterocycles. The van der Waals surface area contributed by atoms with Gasteiger partial charge in [0.25, 0.3) is 0 Å². The number of fused-ring (bicyclic) bond motifs is 1. The highest BCUT2D eigenvalue weighted by molar-refractivity contribution is 5.87. The van der Waals surface area contributed by atoms with Crippen LogP contribution in [0.3, 0.4) is 0 Å². The number of halogens is 2. The lowest BCUT2D eigenvalue weighted by molar-refractivity contribution is -0.121. The number of imidazole rings is 1. The minimum Gasteiger partial charge on any atom is -0.352 e. The summed E-state index contributed by atoms with van der Waals surface area (Å²) >= 11 is 0. The predicted molar refractivity (Wildman–Crippen MR) is 102 cm³/mol. The number of nitrogens with one attached hydrogen (secondary N) is 2. The fourth-order valence-electron chi connectivity index (χ4n) is 3.26. The standard InChI is InChI=1S/C15H23N7O.2ClH/c1-22(15-13-14(18-8-17-13)19-9-20-15)7-12(23)21-11-5-3-2-4-10(11)6-16;;/h8-11H,2-7,16H2,1H3,(H,21,23)(H,17,18,19,20);2*1H. The van der Waals surface area contributed by atoms with E-state index in [2.05, 4.69) is 25.3 Å². The van der Waals surface area contributed by atoms with Crippen molar-refractivity contribution in [3.8, 4) is 0 Å². The average Bonchev–Trinajstić information content (AvgIpc) is 3.03. The maximum atomic E-state index is 12.4. The summed E-state index contributed by atoms with van der Waals surface area (Å²) in [5.41, 5.74) is 7.15. The Kier molecular flexibility index (Phi) is 8.34. The fourth-order valence-corrected chi connectivity index (χ4v) is 3.26. The number of nitrogens with zero attached hydrogens (tertiary/aromatic N) is 4. The van der Waals surface area contributed by atoms with Gasteiger partial charge in [0.15, 0.2) is 11.5 Å². The van der Waals surface area contributed by atoms with Crippen LogP contribution in [0, 0.1) is 5.92 Å². The molecule has 0 bridgehead atoms. The molecule has 8 nitrogen and oxygen atoms in total. The van der Waals surface area contributed by atoms with Gasteiger partial charge in [0.1, 0.15) is 11.8 Å². The summed E-state index contributed by atoms with van der Waals surface area (Å²) in [5.74, 6) is 1.04. The zero-order chi connectivity index (χ0) is 16.2. The molecule has 2 aromatic heterocycles. The van der Waals surface area contributed by atoms with Crippen molar-refractivity contribution in [1.29, 1.82) is 0 Å². The summed E-state index contributed by atoms with van der Waals surface area (Å²) in [6.45, 7) is 0.861. The van der Waals surface area contributed by atoms with E-state index in [4.69, 9.17) is 5.73 Å². The van der Waals surface area contributed by atoms with Crippen LogP contribution in [-0.4, -0.2) is 52.0 Å². The Morgan fingerprint density at radius 3 is 2.84 bits per heavy atom. The highest BCUT2D eigenvalue weighted by Gasteiger charge is 2.25. The Bertz CT molecular complexity index is 681. The van der Waals surface area contributed by atoms with Gasteiger partial charge in [-0.1, -0.05) is 12.8 Å². The van der Waals surface area contributed by atoms with Crippen LogP contribution < -0.4 is 16.0 Å². The van der Waals surface area contributed by atoms with Crippen LogP contribution in [0.4, 0.5) is 5.82 Å². The number of hydrogen-bond donors (Lipinski definition) is 3. The number of anilines is 1. The molecule has 4 N–H and O–H groups in total. The number of amides is 1. The minimum absolute atomic E-state index is 0. The average molecular weight is 390 g/mol. The molecule has 1 saturated carbocycles. The van der Waals surface area contributed by atoms with Gasteiger partial charge < -0.3 is 20.9 Å². The van der Waals surface area contributed by atoms with Crippen molar-refractivity contribution in [3.05, 3.63) is 12.7 Å². The molecular formula is C15H25Cl2N7O. The lowest BCUT2D eigenvalue weighted by Crippen LogP contribution is -2.47. The third-order valence-electron chi connectivity index (χ3n) is 4.50. The maximum absolute atomic E-state index is 12.4. The van der Waals surface area contributed by atoms with Gasteiger partial charge in [-0.25, -0.2) is 15.0 Å². The van der Waals surface area contributed by atoms with Crippen LogP contribution in [0.5, 0.6) is 0 Å². The molecule has 1 aliphatic rings. The van der Waals surface area contributed by atoms with Gasteiger partial charge in [0, 0.05) is 13.1 Å². The van der Waals surface area contributed by atoms with Gasteiger partial charge in [-0.05, 0) is 25.3 Å². The van der Waals surface area contributed by atoms with E-state index in [0.717, 1.165) is 24.8 Å². The maximum Gasteiger partial charge on any atom is 0.239 e. The molecule has 2 heterocycles. The second-order valence-electron chi connectivity index (χ2n) is 6.11. The molecular weight excluding hydrogens is 365 g/mol. The summed E-state index contributed by atoms with van der Waals surface area (Å²) in [5, 5.41) is 3.13. The van der Waals surface area contributed by atoms with Gasteiger partial charge >= 0.3 is 0 Å². The monoisotopic (exact) mass is 389 g/mol. The van der Waals surface area contributed by atoms with Gasteiger partial charge in [0.2, 0.25) is 5.91 Å². The molecule has 3 rings (SSSR count). The third kappa shape index (κ3) is 4.93. The van der Waals surface area contributed by atoms with E-state index < -0.39 is 0 Å². The largest absolute Gasteiger partial charge is 0.352 e. The second kappa shape index (κ2) is 9.74. The highest BCUT2D eigenvalue weighted by Crippen LogP contribution is 2.23. The van der Waals surface area contributed by atoms with Crippen molar-refractivity contribution in [2.75, 3.05) is 25.0 Å². The first-order chi connectivity index (χ1) is 11.2. The van der Waals surface area contributed by atoms with E-state index >= 15 is 0 Å². The zero-order valence-electron chi connectivity index (χ0n) is 14.1. The fraction of sp³-hybridized carbons (Fsp3) is 0.600. The number of aromatic nitrogens is 4. The molecule has 0 radical (unpaired) electrons. The molecule has 140 valence electrons. The Morgan fingerprint density at radius 1 is 1.32 bits per heavy atom. The predicted octanol–water partition coefficient (Wildman–Crippen LogP) is 1.27. The molecule has 2 atom stereocenters. The van der Waals surface area contributed by atoms with Gasteiger partial charge in [0.05, 0.1) is 12.9 Å². The summed E-state index contributed by atoms with van der Waals surface area (Å²) in [6, 6.07) is 0.187.